The first-order chi connectivity index (χ1) is 11.4. The van der Waals surface area contributed by atoms with Gasteiger partial charge >= 0.3 is 29.6 Å². The zero-order valence-corrected chi connectivity index (χ0v) is 17.4. The Morgan fingerprint density at radius 3 is 2.48 bits per heavy atom. The van der Waals surface area contributed by atoms with Crippen LogP contribution in [-0.4, -0.2) is 13.0 Å². The van der Waals surface area contributed by atoms with Gasteiger partial charge in [-0.05, 0) is 31.0 Å². The monoisotopic (exact) mass is 372 g/mol. The first kappa shape index (κ1) is 22.0. The van der Waals surface area contributed by atoms with Crippen LogP contribution in [0.4, 0.5) is 0 Å². The summed E-state index contributed by atoms with van der Waals surface area (Å²) in [6.07, 6.45) is 5.01. The van der Waals surface area contributed by atoms with Crippen molar-refractivity contribution in [3.05, 3.63) is 48.0 Å². The van der Waals surface area contributed by atoms with Gasteiger partial charge in [0, 0.05) is 6.07 Å². The largest absolute Gasteiger partial charge is 1.00 e. The van der Waals surface area contributed by atoms with Crippen LogP contribution in [0.25, 0.3) is 0 Å². The molecule has 0 fully saturated rings. The molecule has 130 valence electrons. The minimum absolute atomic E-state index is 0. The molecule has 0 amide bonds. The Bertz CT molecular complexity index is 790. The van der Waals surface area contributed by atoms with E-state index in [1.807, 2.05) is 0 Å². The summed E-state index contributed by atoms with van der Waals surface area (Å²) < 4.78 is 36.9. The summed E-state index contributed by atoms with van der Waals surface area (Å²) in [5.74, 6) is 0.145. The molecular formula is C18H21NaO5S. The van der Waals surface area contributed by atoms with Crippen LogP contribution in [0.5, 0.6) is 17.2 Å². The third kappa shape index (κ3) is 6.64. The first-order valence-electron chi connectivity index (χ1n) is 7.96. The molecule has 0 saturated carbocycles. The quantitative estimate of drug-likeness (QED) is 0.423. The van der Waals surface area contributed by atoms with Crippen LogP contribution in [0, 0.1) is 0 Å². The topological polar surface area (TPSA) is 86.7 Å². The van der Waals surface area contributed by atoms with Crippen LogP contribution in [0.3, 0.4) is 0 Å². The predicted octanol–water partition coefficient (Wildman–Crippen LogP) is 0.926. The molecule has 2 rings (SSSR count). The maximum Gasteiger partial charge on any atom is 1.00 e. The van der Waals surface area contributed by atoms with Gasteiger partial charge < -0.3 is 9.84 Å². The zero-order chi connectivity index (χ0) is 17.6. The summed E-state index contributed by atoms with van der Waals surface area (Å²) in [6.45, 7) is 2.13. The number of benzene rings is 2. The molecule has 0 heterocycles. The Labute approximate surface area is 171 Å². The van der Waals surface area contributed by atoms with Crippen LogP contribution in [0.1, 0.15) is 38.2 Å². The third-order valence-electron chi connectivity index (χ3n) is 3.69. The molecule has 5 nitrogen and oxygen atoms in total. The molecule has 0 radical (unpaired) electrons. The summed E-state index contributed by atoms with van der Waals surface area (Å²) in [5, 5.41) is 12.4. The van der Waals surface area contributed by atoms with Crippen molar-refractivity contribution in [2.24, 2.45) is 0 Å². The number of hydrogen-bond donors (Lipinski definition) is 1. The van der Waals surface area contributed by atoms with Gasteiger partial charge in [-0.1, -0.05) is 55.7 Å². The number of hydrogen-bond acceptors (Lipinski definition) is 4. The molecule has 0 aliphatic carbocycles. The van der Waals surface area contributed by atoms with Gasteiger partial charge in [0.15, 0.2) is 0 Å². The van der Waals surface area contributed by atoms with E-state index in [-0.39, 0.29) is 51.7 Å². The fourth-order valence-corrected chi connectivity index (χ4v) is 2.92. The molecule has 2 aromatic rings. The minimum atomic E-state index is -4.31. The molecule has 0 aliphatic rings. The average molecular weight is 372 g/mol. The van der Waals surface area contributed by atoms with Gasteiger partial charge in [0.2, 0.25) is 0 Å². The molecule has 0 saturated heterocycles. The fraction of sp³-hybridized carbons (Fsp3) is 0.333. The van der Waals surface area contributed by atoms with E-state index < -0.39 is 10.1 Å². The van der Waals surface area contributed by atoms with E-state index in [0.717, 1.165) is 25.7 Å². The molecule has 0 unspecified atom stereocenters. The van der Waals surface area contributed by atoms with E-state index in [4.69, 9.17) is 9.29 Å². The minimum Gasteiger partial charge on any atom is -0.870 e. The molecule has 0 bridgehead atoms. The van der Waals surface area contributed by atoms with Crippen LogP contribution < -0.4 is 39.4 Å². The van der Waals surface area contributed by atoms with Gasteiger partial charge in [0.1, 0.15) is 11.5 Å². The summed E-state index contributed by atoms with van der Waals surface area (Å²) in [4.78, 5) is -0.275. The van der Waals surface area contributed by atoms with Gasteiger partial charge in [-0.15, -0.1) is 0 Å². The second-order valence-electron chi connectivity index (χ2n) is 5.61. The average Bonchev–Trinajstić information content (AvgIpc) is 2.54. The summed E-state index contributed by atoms with van der Waals surface area (Å²) in [7, 11) is -4.31. The summed E-state index contributed by atoms with van der Waals surface area (Å²) in [6, 6.07) is 10.5. The van der Waals surface area contributed by atoms with Crippen molar-refractivity contribution >= 4 is 10.1 Å². The van der Waals surface area contributed by atoms with Crippen molar-refractivity contribution in [1.29, 1.82) is 0 Å². The van der Waals surface area contributed by atoms with E-state index >= 15 is 0 Å². The molecule has 7 heteroatoms. The molecule has 0 aliphatic heterocycles. The van der Waals surface area contributed by atoms with Crippen LogP contribution >= 0.6 is 0 Å². The van der Waals surface area contributed by atoms with Gasteiger partial charge in [0.25, 0.3) is 10.1 Å². The van der Waals surface area contributed by atoms with Crippen LogP contribution in [-0.2, 0) is 16.5 Å². The Balaban J connectivity index is 0.00000312. The number of para-hydroxylation sites is 1. The van der Waals surface area contributed by atoms with Crippen molar-refractivity contribution < 1.29 is 52.4 Å². The number of rotatable bonds is 8. The number of unbranched alkanes of at least 4 members (excludes halogenated alkanes) is 3. The van der Waals surface area contributed by atoms with Gasteiger partial charge in [-0.2, -0.15) is 8.42 Å². The van der Waals surface area contributed by atoms with E-state index in [0.29, 0.717) is 12.0 Å². The molecule has 0 aromatic heterocycles. The zero-order valence-electron chi connectivity index (χ0n) is 14.6. The van der Waals surface area contributed by atoms with Gasteiger partial charge in [-0.3, -0.25) is 4.55 Å². The van der Waals surface area contributed by atoms with Crippen molar-refractivity contribution in [2.75, 3.05) is 0 Å². The van der Waals surface area contributed by atoms with Crippen LogP contribution in [0.2, 0.25) is 0 Å². The fourth-order valence-electron chi connectivity index (χ4n) is 2.41. The van der Waals surface area contributed by atoms with Gasteiger partial charge in [0.05, 0.1) is 4.90 Å². The first-order valence-corrected chi connectivity index (χ1v) is 9.40. The van der Waals surface area contributed by atoms with E-state index in [9.17, 15) is 13.5 Å². The van der Waals surface area contributed by atoms with Crippen molar-refractivity contribution in [3.63, 3.8) is 0 Å². The molecule has 0 atom stereocenters. The van der Waals surface area contributed by atoms with Crippen molar-refractivity contribution in [2.45, 2.75) is 43.9 Å². The van der Waals surface area contributed by atoms with Crippen LogP contribution in [0.15, 0.2) is 47.4 Å². The molecule has 2 aromatic carbocycles. The SMILES string of the molecule is CCCCCCc1cccc(Oc2cccc(S(=O)(=O)O)c2)c1[O-].[Na+]. The van der Waals surface area contributed by atoms with E-state index in [1.54, 1.807) is 18.2 Å². The summed E-state index contributed by atoms with van der Waals surface area (Å²) >= 11 is 0. The summed E-state index contributed by atoms with van der Waals surface area (Å²) in [5.41, 5.74) is 0.689. The molecule has 0 spiro atoms. The maximum absolute atomic E-state index is 12.4. The molecular weight excluding hydrogens is 351 g/mol. The van der Waals surface area contributed by atoms with Gasteiger partial charge in [-0.25, -0.2) is 0 Å². The standard InChI is InChI=1S/C18H22O5S.Na/c1-2-3-4-5-8-14-9-6-12-17(18(14)19)23-15-10-7-11-16(13-15)24(20,21)22;/h6-7,9-13,19H,2-5,8H2,1H3,(H,20,21,22);/q;+1/p-1. The van der Waals surface area contributed by atoms with E-state index in [1.165, 1.54) is 24.3 Å². The molecule has 1 N–H and O–H groups in total. The normalized spacial score (nSPS) is 11.0. The second-order valence-corrected chi connectivity index (χ2v) is 7.03. The Kier molecular flexibility index (Phi) is 8.96. The Morgan fingerprint density at radius 1 is 1.08 bits per heavy atom. The number of ether oxygens (including phenoxy) is 1. The molecule has 25 heavy (non-hydrogen) atoms. The van der Waals surface area contributed by atoms with E-state index in [2.05, 4.69) is 6.92 Å². The maximum atomic E-state index is 12.4. The second kappa shape index (κ2) is 10.2. The Hall–Kier alpha value is -1.05. The predicted molar refractivity (Wildman–Crippen MR) is 90.1 cm³/mol. The third-order valence-corrected chi connectivity index (χ3v) is 4.54. The smallest absolute Gasteiger partial charge is 0.870 e. The van der Waals surface area contributed by atoms with Crippen molar-refractivity contribution in [1.82, 2.24) is 0 Å². The van der Waals surface area contributed by atoms with Crippen molar-refractivity contribution in [3.8, 4) is 17.2 Å². The Morgan fingerprint density at radius 2 is 1.80 bits per heavy atom. The number of aryl methyl sites for hydroxylation is 1.